The lowest BCUT2D eigenvalue weighted by molar-refractivity contribution is 0.731. The van der Waals surface area contributed by atoms with Crippen molar-refractivity contribution in [2.75, 3.05) is 0 Å². The molecule has 3 aromatic rings. The third kappa shape index (κ3) is 2.64. The lowest BCUT2D eigenvalue weighted by Crippen LogP contribution is -2.05. The Morgan fingerprint density at radius 3 is 3.00 bits per heavy atom. The van der Waals surface area contributed by atoms with E-state index in [1.54, 1.807) is 11.3 Å². The van der Waals surface area contributed by atoms with Crippen molar-refractivity contribution in [2.45, 2.75) is 18.8 Å². The van der Waals surface area contributed by atoms with Gasteiger partial charge in [0.15, 0.2) is 0 Å². The van der Waals surface area contributed by atoms with Crippen LogP contribution in [-0.2, 0) is 6.54 Å². The molecule has 3 nitrogen and oxygen atoms in total. The van der Waals surface area contributed by atoms with Crippen LogP contribution in [0.4, 0.5) is 0 Å². The van der Waals surface area contributed by atoms with Gasteiger partial charge in [0.25, 0.3) is 0 Å². The molecule has 0 radical (unpaired) electrons. The quantitative estimate of drug-likeness (QED) is 0.478. The molecule has 0 aliphatic rings. The van der Waals surface area contributed by atoms with Crippen LogP contribution in [0.2, 0.25) is 0 Å². The minimum Gasteiger partial charge on any atom is -0.321 e. The van der Waals surface area contributed by atoms with E-state index in [1.807, 2.05) is 12.4 Å². The van der Waals surface area contributed by atoms with Gasteiger partial charge in [-0.15, -0.1) is 22.9 Å². The topological polar surface area (TPSA) is 30.7 Å². The van der Waals surface area contributed by atoms with Crippen molar-refractivity contribution in [2.24, 2.45) is 0 Å². The molecule has 1 unspecified atom stereocenters. The highest BCUT2D eigenvalue weighted by molar-refractivity contribution is 14.1. The summed E-state index contributed by atoms with van der Waals surface area (Å²) in [7, 11) is 0. The Labute approximate surface area is 133 Å². The van der Waals surface area contributed by atoms with E-state index in [1.165, 1.54) is 3.57 Å². The molecule has 0 spiro atoms. The van der Waals surface area contributed by atoms with Gasteiger partial charge in [-0.2, -0.15) is 0 Å². The van der Waals surface area contributed by atoms with Crippen LogP contribution in [0.5, 0.6) is 0 Å². The maximum absolute atomic E-state index is 6.26. The minimum absolute atomic E-state index is 0.122. The first-order chi connectivity index (χ1) is 9.15. The number of alkyl halides is 1. The molecule has 1 aromatic carbocycles. The molecule has 3 rings (SSSR count). The molecule has 0 bridgehead atoms. The lowest BCUT2D eigenvalue weighted by atomic mass is 10.3. The van der Waals surface area contributed by atoms with Crippen LogP contribution in [-0.4, -0.2) is 14.5 Å². The summed E-state index contributed by atoms with van der Waals surface area (Å²) < 4.78 is 3.33. The van der Waals surface area contributed by atoms with E-state index in [4.69, 9.17) is 11.6 Å². The van der Waals surface area contributed by atoms with Crippen molar-refractivity contribution in [1.82, 2.24) is 14.5 Å². The maximum Gasteiger partial charge on any atom is 0.128 e. The number of hydrogen-bond donors (Lipinski definition) is 0. The SMILES string of the molecule is CC(Cl)c1nc2cc(I)ccc2n1Cc1cscn1. The summed E-state index contributed by atoms with van der Waals surface area (Å²) >= 11 is 10.2. The first-order valence-corrected chi connectivity index (χ1v) is 8.28. The van der Waals surface area contributed by atoms with E-state index in [0.717, 1.165) is 22.6 Å². The normalized spacial score (nSPS) is 13.0. The molecule has 0 N–H and O–H groups in total. The second-order valence-corrected chi connectivity index (χ2v) is 6.90. The van der Waals surface area contributed by atoms with Crippen LogP contribution in [0.15, 0.2) is 29.1 Å². The van der Waals surface area contributed by atoms with E-state index >= 15 is 0 Å². The predicted octanol–water partition coefficient (Wildman–Crippen LogP) is 4.45. The first kappa shape index (κ1) is 13.3. The molecule has 1 atom stereocenters. The lowest BCUT2D eigenvalue weighted by Gasteiger charge is -2.08. The molecule has 0 fully saturated rings. The summed E-state index contributed by atoms with van der Waals surface area (Å²) in [5.41, 5.74) is 4.99. The van der Waals surface area contributed by atoms with Crippen LogP contribution in [0, 0.1) is 3.57 Å². The van der Waals surface area contributed by atoms with Crippen molar-refractivity contribution in [1.29, 1.82) is 0 Å². The molecule has 2 aromatic heterocycles. The Morgan fingerprint density at radius 2 is 2.32 bits per heavy atom. The summed E-state index contributed by atoms with van der Waals surface area (Å²) in [6, 6.07) is 6.26. The highest BCUT2D eigenvalue weighted by Crippen LogP contribution is 2.26. The monoisotopic (exact) mass is 403 g/mol. The second kappa shape index (κ2) is 5.38. The van der Waals surface area contributed by atoms with E-state index in [0.29, 0.717) is 6.54 Å². The molecular weight excluding hydrogens is 393 g/mol. The van der Waals surface area contributed by atoms with E-state index in [-0.39, 0.29) is 5.38 Å². The van der Waals surface area contributed by atoms with Crippen molar-refractivity contribution in [3.8, 4) is 0 Å². The van der Waals surface area contributed by atoms with E-state index in [2.05, 4.69) is 60.7 Å². The second-order valence-electron chi connectivity index (χ2n) is 4.28. The highest BCUT2D eigenvalue weighted by atomic mass is 127. The summed E-state index contributed by atoms with van der Waals surface area (Å²) in [5, 5.41) is 1.94. The summed E-state index contributed by atoms with van der Waals surface area (Å²) in [5.74, 6) is 0.895. The number of aromatic nitrogens is 3. The highest BCUT2D eigenvalue weighted by Gasteiger charge is 2.15. The Hall–Kier alpha value is -0.660. The van der Waals surface area contributed by atoms with Crippen LogP contribution >= 0.6 is 45.5 Å². The first-order valence-electron chi connectivity index (χ1n) is 5.82. The molecule has 19 heavy (non-hydrogen) atoms. The Balaban J connectivity index is 2.16. The number of halogens is 2. The van der Waals surface area contributed by atoms with Gasteiger partial charge in [-0.05, 0) is 47.7 Å². The predicted molar refractivity (Wildman–Crippen MR) is 87.9 cm³/mol. The molecule has 0 amide bonds. The Bertz CT molecular complexity index is 706. The number of thiazole rings is 1. The van der Waals surface area contributed by atoms with Crippen molar-refractivity contribution >= 4 is 56.6 Å². The van der Waals surface area contributed by atoms with E-state index in [9.17, 15) is 0 Å². The zero-order valence-corrected chi connectivity index (χ0v) is 13.9. The van der Waals surface area contributed by atoms with Crippen molar-refractivity contribution in [3.63, 3.8) is 0 Å². The van der Waals surface area contributed by atoms with Gasteiger partial charge in [-0.3, -0.25) is 0 Å². The van der Waals surface area contributed by atoms with Crippen molar-refractivity contribution < 1.29 is 0 Å². The number of benzene rings is 1. The van der Waals surface area contributed by atoms with Crippen LogP contribution in [0.25, 0.3) is 11.0 Å². The fourth-order valence-electron chi connectivity index (χ4n) is 2.07. The number of hydrogen-bond acceptors (Lipinski definition) is 3. The number of nitrogens with zero attached hydrogens (tertiary/aromatic N) is 3. The summed E-state index contributed by atoms with van der Waals surface area (Å²) in [6.07, 6.45) is 0. The third-order valence-electron chi connectivity index (χ3n) is 2.90. The maximum atomic E-state index is 6.26. The smallest absolute Gasteiger partial charge is 0.128 e. The van der Waals surface area contributed by atoms with Gasteiger partial charge in [0, 0.05) is 8.95 Å². The molecule has 2 heterocycles. The average Bonchev–Trinajstić information content (AvgIpc) is 2.97. The van der Waals surface area contributed by atoms with Gasteiger partial charge in [0.1, 0.15) is 5.82 Å². The van der Waals surface area contributed by atoms with Crippen LogP contribution < -0.4 is 0 Å². The zero-order chi connectivity index (χ0) is 13.4. The van der Waals surface area contributed by atoms with Gasteiger partial charge in [-0.25, -0.2) is 9.97 Å². The largest absolute Gasteiger partial charge is 0.321 e. The fraction of sp³-hybridized carbons (Fsp3) is 0.231. The van der Waals surface area contributed by atoms with E-state index < -0.39 is 0 Å². The van der Waals surface area contributed by atoms with Gasteiger partial charge < -0.3 is 4.57 Å². The number of fused-ring (bicyclic) bond motifs is 1. The third-order valence-corrected chi connectivity index (χ3v) is 4.40. The van der Waals surface area contributed by atoms with Gasteiger partial charge in [0.2, 0.25) is 0 Å². The average molecular weight is 404 g/mol. The van der Waals surface area contributed by atoms with Crippen LogP contribution in [0.1, 0.15) is 23.8 Å². The molecule has 0 aliphatic carbocycles. The number of imidazole rings is 1. The molecular formula is C13H11ClIN3S. The Morgan fingerprint density at radius 1 is 1.47 bits per heavy atom. The Kier molecular flexibility index (Phi) is 3.77. The molecule has 98 valence electrons. The molecule has 6 heteroatoms. The molecule has 0 saturated heterocycles. The zero-order valence-electron chi connectivity index (χ0n) is 10.2. The molecule has 0 saturated carbocycles. The standard InChI is InChI=1S/C13H11ClIN3S/c1-8(14)13-17-11-4-9(15)2-3-12(11)18(13)5-10-6-19-7-16-10/h2-4,6-8H,5H2,1H3. The molecule has 0 aliphatic heterocycles. The van der Waals surface area contributed by atoms with Crippen LogP contribution in [0.3, 0.4) is 0 Å². The fourth-order valence-corrected chi connectivity index (χ4v) is 3.26. The minimum atomic E-state index is -0.122. The van der Waals surface area contributed by atoms with Gasteiger partial charge in [0.05, 0.1) is 34.2 Å². The van der Waals surface area contributed by atoms with Gasteiger partial charge in [-0.1, -0.05) is 0 Å². The number of rotatable bonds is 3. The summed E-state index contributed by atoms with van der Waals surface area (Å²) in [4.78, 5) is 9.00. The van der Waals surface area contributed by atoms with Gasteiger partial charge >= 0.3 is 0 Å². The van der Waals surface area contributed by atoms with Crippen molar-refractivity contribution in [3.05, 3.63) is 44.2 Å². The summed E-state index contributed by atoms with van der Waals surface area (Å²) in [6.45, 7) is 2.66.